The van der Waals surface area contributed by atoms with Crippen LogP contribution in [0, 0.1) is 0 Å². The molecule has 1 unspecified atom stereocenters. The van der Waals surface area contributed by atoms with Gasteiger partial charge >= 0.3 is 0 Å². The van der Waals surface area contributed by atoms with Gasteiger partial charge in [0.1, 0.15) is 11.9 Å². The van der Waals surface area contributed by atoms with E-state index in [-0.39, 0.29) is 6.10 Å². The Hall–Kier alpha value is -0.730. The molecular formula is C14H20ClNO. The zero-order valence-corrected chi connectivity index (χ0v) is 11.0. The molecule has 3 heteroatoms. The summed E-state index contributed by atoms with van der Waals surface area (Å²) in [6.45, 7) is 3.10. The molecule has 1 aliphatic carbocycles. The molecule has 0 heterocycles. The highest BCUT2D eigenvalue weighted by Crippen LogP contribution is 2.25. The summed E-state index contributed by atoms with van der Waals surface area (Å²) in [5, 5.41) is 4.21. The Morgan fingerprint density at radius 3 is 2.82 bits per heavy atom. The van der Waals surface area contributed by atoms with E-state index in [2.05, 4.69) is 12.2 Å². The molecule has 0 amide bonds. The van der Waals surface area contributed by atoms with Crippen molar-refractivity contribution in [2.45, 2.75) is 44.8 Å². The molecule has 1 saturated carbocycles. The van der Waals surface area contributed by atoms with Crippen LogP contribution in [-0.2, 0) is 0 Å². The maximum Gasteiger partial charge on any atom is 0.138 e. The Labute approximate surface area is 108 Å². The van der Waals surface area contributed by atoms with E-state index in [0.29, 0.717) is 5.02 Å². The monoisotopic (exact) mass is 253 g/mol. The van der Waals surface area contributed by atoms with Gasteiger partial charge in [0.25, 0.3) is 0 Å². The van der Waals surface area contributed by atoms with E-state index in [1.807, 2.05) is 24.3 Å². The normalized spacial score (nSPS) is 16.8. The summed E-state index contributed by atoms with van der Waals surface area (Å²) in [7, 11) is 0. The standard InChI is InChI=1S/C14H20ClNO/c1-2-5-12(10-16-11-8-9-11)17-14-7-4-3-6-13(14)15/h3-4,6-7,11-12,16H,2,5,8-10H2,1H3. The third-order valence-electron chi connectivity index (χ3n) is 2.95. The number of hydrogen-bond acceptors (Lipinski definition) is 2. The SMILES string of the molecule is CCCC(CNC1CC1)Oc1ccccc1Cl. The first kappa shape index (κ1) is 12.7. The molecule has 2 rings (SSSR count). The minimum Gasteiger partial charge on any atom is -0.488 e. The first-order valence-electron chi connectivity index (χ1n) is 6.44. The number of nitrogens with one attached hydrogen (secondary N) is 1. The van der Waals surface area contributed by atoms with Crippen LogP contribution >= 0.6 is 11.6 Å². The van der Waals surface area contributed by atoms with Crippen LogP contribution < -0.4 is 10.1 Å². The molecule has 0 bridgehead atoms. The topological polar surface area (TPSA) is 21.3 Å². The van der Waals surface area contributed by atoms with Crippen molar-refractivity contribution in [1.29, 1.82) is 0 Å². The van der Waals surface area contributed by atoms with Crippen LogP contribution in [0.2, 0.25) is 5.02 Å². The molecule has 1 fully saturated rings. The Balaban J connectivity index is 1.88. The molecule has 2 nitrogen and oxygen atoms in total. The van der Waals surface area contributed by atoms with E-state index >= 15 is 0 Å². The van der Waals surface area contributed by atoms with E-state index in [1.165, 1.54) is 12.8 Å². The second kappa shape index (κ2) is 6.27. The van der Waals surface area contributed by atoms with Crippen molar-refractivity contribution in [1.82, 2.24) is 5.32 Å². The van der Waals surface area contributed by atoms with Gasteiger partial charge in [-0.05, 0) is 31.4 Å². The summed E-state index contributed by atoms with van der Waals surface area (Å²) in [6, 6.07) is 8.41. The fourth-order valence-corrected chi connectivity index (χ4v) is 2.01. The molecule has 1 N–H and O–H groups in total. The summed E-state index contributed by atoms with van der Waals surface area (Å²) in [4.78, 5) is 0. The van der Waals surface area contributed by atoms with Crippen LogP contribution in [0.1, 0.15) is 32.6 Å². The highest BCUT2D eigenvalue weighted by molar-refractivity contribution is 6.32. The van der Waals surface area contributed by atoms with Crippen LogP contribution in [0.15, 0.2) is 24.3 Å². The molecule has 0 aliphatic heterocycles. The zero-order chi connectivity index (χ0) is 12.1. The summed E-state index contributed by atoms with van der Waals surface area (Å²) in [5.74, 6) is 0.796. The van der Waals surface area contributed by atoms with E-state index in [4.69, 9.17) is 16.3 Å². The van der Waals surface area contributed by atoms with Crippen molar-refractivity contribution >= 4 is 11.6 Å². The third-order valence-corrected chi connectivity index (χ3v) is 3.26. The maximum atomic E-state index is 6.10. The van der Waals surface area contributed by atoms with Gasteiger partial charge in [-0.2, -0.15) is 0 Å². The van der Waals surface area contributed by atoms with Crippen molar-refractivity contribution in [2.24, 2.45) is 0 Å². The van der Waals surface area contributed by atoms with Crippen molar-refractivity contribution in [3.63, 3.8) is 0 Å². The molecule has 1 aliphatic rings. The molecule has 1 atom stereocenters. The Bertz CT molecular complexity index is 352. The lowest BCUT2D eigenvalue weighted by Gasteiger charge is -2.19. The minimum atomic E-state index is 0.223. The third kappa shape index (κ3) is 4.21. The van der Waals surface area contributed by atoms with E-state index in [9.17, 15) is 0 Å². The van der Waals surface area contributed by atoms with Gasteiger partial charge in [0.15, 0.2) is 0 Å². The summed E-state index contributed by atoms with van der Waals surface area (Å²) in [6.07, 6.45) is 5.03. The second-order valence-corrected chi connectivity index (χ2v) is 5.05. The van der Waals surface area contributed by atoms with Crippen LogP contribution in [0.5, 0.6) is 5.75 Å². The number of para-hydroxylation sites is 1. The van der Waals surface area contributed by atoms with Crippen LogP contribution in [0.4, 0.5) is 0 Å². The first-order chi connectivity index (χ1) is 8.29. The lowest BCUT2D eigenvalue weighted by molar-refractivity contribution is 0.186. The Morgan fingerprint density at radius 2 is 2.18 bits per heavy atom. The molecule has 1 aromatic rings. The quantitative estimate of drug-likeness (QED) is 0.801. The largest absolute Gasteiger partial charge is 0.488 e. The maximum absolute atomic E-state index is 6.10. The molecule has 0 saturated heterocycles. The fraction of sp³-hybridized carbons (Fsp3) is 0.571. The van der Waals surface area contributed by atoms with Crippen molar-refractivity contribution < 1.29 is 4.74 Å². The van der Waals surface area contributed by atoms with Gasteiger partial charge in [-0.1, -0.05) is 37.1 Å². The molecule has 17 heavy (non-hydrogen) atoms. The highest BCUT2D eigenvalue weighted by Gasteiger charge is 2.22. The average molecular weight is 254 g/mol. The predicted molar refractivity (Wildman–Crippen MR) is 71.8 cm³/mol. The molecule has 1 aromatic carbocycles. The molecule has 94 valence electrons. The van der Waals surface area contributed by atoms with Crippen molar-refractivity contribution in [3.8, 4) is 5.75 Å². The highest BCUT2D eigenvalue weighted by atomic mass is 35.5. The molecule has 0 radical (unpaired) electrons. The number of benzene rings is 1. The predicted octanol–water partition coefficient (Wildman–Crippen LogP) is 3.64. The van der Waals surface area contributed by atoms with Gasteiger partial charge < -0.3 is 10.1 Å². The van der Waals surface area contributed by atoms with E-state index in [1.54, 1.807) is 0 Å². The first-order valence-corrected chi connectivity index (χ1v) is 6.82. The zero-order valence-electron chi connectivity index (χ0n) is 10.3. The Morgan fingerprint density at radius 1 is 1.41 bits per heavy atom. The number of ether oxygens (including phenoxy) is 1. The van der Waals surface area contributed by atoms with Gasteiger partial charge in [-0.25, -0.2) is 0 Å². The number of hydrogen-bond donors (Lipinski definition) is 1. The van der Waals surface area contributed by atoms with Crippen molar-refractivity contribution in [2.75, 3.05) is 6.54 Å². The minimum absolute atomic E-state index is 0.223. The van der Waals surface area contributed by atoms with Gasteiger partial charge in [-0.15, -0.1) is 0 Å². The van der Waals surface area contributed by atoms with Crippen LogP contribution in [0.3, 0.4) is 0 Å². The number of halogens is 1. The molecular weight excluding hydrogens is 234 g/mol. The lowest BCUT2D eigenvalue weighted by Crippen LogP contribution is -2.32. The summed E-state index contributed by atoms with van der Waals surface area (Å²) in [5.41, 5.74) is 0. The average Bonchev–Trinajstić information content (AvgIpc) is 3.13. The van der Waals surface area contributed by atoms with E-state index in [0.717, 1.165) is 31.2 Å². The van der Waals surface area contributed by atoms with Gasteiger partial charge in [0, 0.05) is 12.6 Å². The van der Waals surface area contributed by atoms with E-state index < -0.39 is 0 Å². The Kier molecular flexibility index (Phi) is 4.69. The smallest absolute Gasteiger partial charge is 0.138 e. The summed E-state index contributed by atoms with van der Waals surface area (Å²) < 4.78 is 5.97. The van der Waals surface area contributed by atoms with Crippen LogP contribution in [0.25, 0.3) is 0 Å². The molecule has 0 spiro atoms. The van der Waals surface area contributed by atoms with Gasteiger partial charge in [0.2, 0.25) is 0 Å². The number of rotatable bonds is 7. The van der Waals surface area contributed by atoms with Crippen molar-refractivity contribution in [3.05, 3.63) is 29.3 Å². The molecule has 0 aromatic heterocycles. The summed E-state index contributed by atoms with van der Waals surface area (Å²) >= 11 is 6.10. The second-order valence-electron chi connectivity index (χ2n) is 4.64. The fourth-order valence-electron chi connectivity index (χ4n) is 1.83. The van der Waals surface area contributed by atoms with Gasteiger partial charge in [0.05, 0.1) is 5.02 Å². The van der Waals surface area contributed by atoms with Crippen LogP contribution in [-0.4, -0.2) is 18.7 Å². The van der Waals surface area contributed by atoms with Gasteiger partial charge in [-0.3, -0.25) is 0 Å². The lowest BCUT2D eigenvalue weighted by atomic mass is 10.2.